The first-order valence-electron chi connectivity index (χ1n) is 8.86. The van der Waals surface area contributed by atoms with Gasteiger partial charge in [-0.05, 0) is 18.2 Å². The third-order valence-corrected chi connectivity index (χ3v) is 5.59. The van der Waals surface area contributed by atoms with Crippen LogP contribution in [0.1, 0.15) is 5.69 Å². The number of fused-ring (bicyclic) bond motifs is 1. The molecule has 5 rings (SSSR count). The van der Waals surface area contributed by atoms with E-state index in [1.807, 2.05) is 23.7 Å². The molecule has 0 aromatic carbocycles. The first-order valence-corrected chi connectivity index (χ1v) is 9.74. The van der Waals surface area contributed by atoms with Crippen LogP contribution in [0.5, 0.6) is 0 Å². The average molecular weight is 378 g/mol. The number of hydrogen-bond donors (Lipinski definition) is 0. The fourth-order valence-electron chi connectivity index (χ4n) is 3.50. The molecule has 4 aromatic rings. The van der Waals surface area contributed by atoms with E-state index >= 15 is 0 Å². The Hall–Kier alpha value is -2.84. The molecule has 1 saturated heterocycles. The maximum Gasteiger partial charge on any atom is 0.266 e. The van der Waals surface area contributed by atoms with Gasteiger partial charge in [0, 0.05) is 67.3 Å². The van der Waals surface area contributed by atoms with Crippen molar-refractivity contribution in [3.8, 4) is 11.3 Å². The van der Waals surface area contributed by atoms with E-state index in [-0.39, 0.29) is 5.56 Å². The zero-order valence-electron chi connectivity index (χ0n) is 14.6. The number of likely N-dealkylation sites (tertiary alicyclic amines) is 1. The van der Waals surface area contributed by atoms with E-state index in [4.69, 9.17) is 0 Å². The minimum atomic E-state index is -0.0598. The van der Waals surface area contributed by atoms with Crippen LogP contribution in [0.3, 0.4) is 0 Å². The normalized spacial score (nSPS) is 15.3. The predicted molar refractivity (Wildman–Crippen MR) is 104 cm³/mol. The first kappa shape index (κ1) is 16.3. The summed E-state index contributed by atoms with van der Waals surface area (Å²) < 4.78 is 3.64. The van der Waals surface area contributed by atoms with Gasteiger partial charge in [0.05, 0.1) is 17.9 Å². The van der Waals surface area contributed by atoms with Crippen molar-refractivity contribution in [3.05, 3.63) is 70.5 Å². The summed E-state index contributed by atoms with van der Waals surface area (Å²) in [6.45, 7) is 3.40. The van der Waals surface area contributed by atoms with Gasteiger partial charge in [0.15, 0.2) is 4.96 Å². The molecule has 0 radical (unpaired) electrons. The van der Waals surface area contributed by atoms with Crippen molar-refractivity contribution in [1.82, 2.24) is 29.0 Å². The Bertz CT molecular complexity index is 1100. The van der Waals surface area contributed by atoms with Gasteiger partial charge in [-0.1, -0.05) is 0 Å². The van der Waals surface area contributed by atoms with Crippen molar-refractivity contribution in [1.29, 1.82) is 0 Å². The van der Waals surface area contributed by atoms with Gasteiger partial charge in [-0.25, -0.2) is 9.67 Å². The van der Waals surface area contributed by atoms with Crippen LogP contribution in [-0.2, 0) is 13.1 Å². The van der Waals surface area contributed by atoms with Gasteiger partial charge in [-0.15, -0.1) is 11.3 Å². The highest BCUT2D eigenvalue weighted by Crippen LogP contribution is 2.21. The Balaban J connectivity index is 1.23. The van der Waals surface area contributed by atoms with Gasteiger partial charge in [-0.2, -0.15) is 5.10 Å². The molecule has 0 aliphatic carbocycles. The van der Waals surface area contributed by atoms with E-state index in [2.05, 4.69) is 30.6 Å². The lowest BCUT2D eigenvalue weighted by atomic mass is 10.00. The molecule has 0 bridgehead atoms. The smallest absolute Gasteiger partial charge is 0.266 e. The van der Waals surface area contributed by atoms with Gasteiger partial charge in [-0.3, -0.25) is 19.1 Å². The number of imidazole rings is 1. The fourth-order valence-corrected chi connectivity index (χ4v) is 4.21. The number of aromatic nitrogens is 5. The Morgan fingerprint density at radius 2 is 2.15 bits per heavy atom. The summed E-state index contributed by atoms with van der Waals surface area (Å²) in [6, 6.07) is 7.16. The van der Waals surface area contributed by atoms with Crippen LogP contribution in [0.25, 0.3) is 16.2 Å². The molecule has 7 nitrogen and oxygen atoms in total. The van der Waals surface area contributed by atoms with E-state index < -0.39 is 0 Å². The lowest BCUT2D eigenvalue weighted by Gasteiger charge is -2.38. The van der Waals surface area contributed by atoms with E-state index in [0.717, 1.165) is 41.5 Å². The van der Waals surface area contributed by atoms with Crippen molar-refractivity contribution >= 4 is 16.3 Å². The number of rotatable bonds is 5. The van der Waals surface area contributed by atoms with Gasteiger partial charge in [0.1, 0.15) is 0 Å². The molecule has 0 spiro atoms. The highest BCUT2D eigenvalue weighted by Gasteiger charge is 2.28. The second-order valence-corrected chi connectivity index (χ2v) is 7.74. The lowest BCUT2D eigenvalue weighted by molar-refractivity contribution is 0.0756. The topological polar surface area (TPSA) is 68.3 Å². The van der Waals surface area contributed by atoms with Crippen LogP contribution >= 0.6 is 11.3 Å². The Kier molecular flexibility index (Phi) is 4.06. The van der Waals surface area contributed by atoms with Crippen LogP contribution in [0.15, 0.2) is 59.2 Å². The molecule has 136 valence electrons. The summed E-state index contributed by atoms with van der Waals surface area (Å²) in [5, 5.41) is 6.56. The van der Waals surface area contributed by atoms with Crippen molar-refractivity contribution in [2.45, 2.75) is 13.1 Å². The first-order chi connectivity index (χ1) is 13.2. The van der Waals surface area contributed by atoms with Gasteiger partial charge in [0.25, 0.3) is 5.56 Å². The Morgan fingerprint density at radius 3 is 2.96 bits per heavy atom. The molecule has 0 atom stereocenters. The summed E-state index contributed by atoms with van der Waals surface area (Å²) in [4.78, 5) is 24.3. The molecule has 5 heterocycles. The van der Waals surface area contributed by atoms with Crippen LogP contribution in [0.2, 0.25) is 0 Å². The second kappa shape index (κ2) is 6.71. The molecular formula is C19H18N6OS. The van der Waals surface area contributed by atoms with Crippen molar-refractivity contribution < 1.29 is 0 Å². The summed E-state index contributed by atoms with van der Waals surface area (Å²) in [5.41, 5.74) is 2.72. The largest absolute Gasteiger partial charge is 0.297 e. The third kappa shape index (κ3) is 3.29. The highest BCUT2D eigenvalue weighted by atomic mass is 32.1. The molecule has 0 amide bonds. The molecule has 0 N–H and O–H groups in total. The molecule has 8 heteroatoms. The SMILES string of the molecule is O=c1ccc(-c2cccnc2)nn1CC1CN(Cc2cn3ccsc3n2)C1. The zero-order valence-corrected chi connectivity index (χ0v) is 15.4. The Morgan fingerprint density at radius 1 is 1.22 bits per heavy atom. The van der Waals surface area contributed by atoms with Crippen LogP contribution < -0.4 is 5.56 Å². The van der Waals surface area contributed by atoms with Crippen molar-refractivity contribution in [3.63, 3.8) is 0 Å². The van der Waals surface area contributed by atoms with Gasteiger partial charge < -0.3 is 0 Å². The number of pyridine rings is 1. The maximum atomic E-state index is 12.2. The molecule has 27 heavy (non-hydrogen) atoms. The molecule has 1 aliphatic rings. The van der Waals surface area contributed by atoms with Gasteiger partial charge in [0.2, 0.25) is 0 Å². The molecule has 0 saturated carbocycles. The monoisotopic (exact) mass is 378 g/mol. The minimum absolute atomic E-state index is 0.0598. The molecular weight excluding hydrogens is 360 g/mol. The summed E-state index contributed by atoms with van der Waals surface area (Å²) >= 11 is 1.65. The number of nitrogens with zero attached hydrogens (tertiary/aromatic N) is 6. The molecule has 1 fully saturated rings. The number of hydrogen-bond acceptors (Lipinski definition) is 6. The highest BCUT2D eigenvalue weighted by molar-refractivity contribution is 7.15. The van der Waals surface area contributed by atoms with Crippen molar-refractivity contribution in [2.24, 2.45) is 5.92 Å². The minimum Gasteiger partial charge on any atom is -0.297 e. The number of thiazole rings is 1. The summed E-state index contributed by atoms with van der Waals surface area (Å²) in [6.07, 6.45) is 7.61. The van der Waals surface area contributed by atoms with Crippen LogP contribution in [0.4, 0.5) is 0 Å². The summed E-state index contributed by atoms with van der Waals surface area (Å²) in [7, 11) is 0. The standard InChI is InChI=1S/C19H18N6OS/c26-18-4-3-17(15-2-1-5-20-8-15)22-25(18)11-14-9-23(10-14)12-16-13-24-6-7-27-19(24)21-16/h1-8,13-14H,9-12H2. The Labute approximate surface area is 159 Å². The van der Waals surface area contributed by atoms with E-state index in [1.165, 1.54) is 0 Å². The molecule has 4 aromatic heterocycles. The average Bonchev–Trinajstić information content (AvgIpc) is 3.24. The second-order valence-electron chi connectivity index (χ2n) is 6.87. The van der Waals surface area contributed by atoms with E-state index in [1.54, 1.807) is 40.5 Å². The quantitative estimate of drug-likeness (QED) is 0.532. The van der Waals surface area contributed by atoms with E-state index in [9.17, 15) is 4.79 Å². The predicted octanol–water partition coefficient (Wildman–Crippen LogP) is 2.15. The molecule has 1 aliphatic heterocycles. The van der Waals surface area contributed by atoms with Crippen LogP contribution in [0, 0.1) is 5.92 Å². The maximum absolute atomic E-state index is 12.2. The third-order valence-electron chi connectivity index (χ3n) is 4.82. The van der Waals surface area contributed by atoms with E-state index in [0.29, 0.717) is 12.5 Å². The van der Waals surface area contributed by atoms with Crippen molar-refractivity contribution in [2.75, 3.05) is 13.1 Å². The van der Waals surface area contributed by atoms with Gasteiger partial charge >= 0.3 is 0 Å². The van der Waals surface area contributed by atoms with Crippen LogP contribution in [-0.4, -0.2) is 42.1 Å². The molecule has 0 unspecified atom stereocenters. The lowest BCUT2D eigenvalue weighted by Crippen LogP contribution is -2.48. The summed E-state index contributed by atoms with van der Waals surface area (Å²) in [5.74, 6) is 0.433. The fraction of sp³-hybridized carbons (Fsp3) is 0.263. The zero-order chi connectivity index (χ0) is 18.2.